The monoisotopic (exact) mass is 430 g/mol. The number of ether oxygens (including phenoxy) is 1. The molecule has 2 rings (SSSR count). The van der Waals surface area contributed by atoms with E-state index < -0.39 is 74.6 Å². The van der Waals surface area contributed by atoms with Crippen molar-refractivity contribution in [1.29, 1.82) is 0 Å². The molecule has 0 bridgehead atoms. The van der Waals surface area contributed by atoms with Gasteiger partial charge in [0.25, 0.3) is 0 Å². The summed E-state index contributed by atoms with van der Waals surface area (Å²) in [5.41, 5.74) is -0.251. The average Bonchev–Trinajstić information content (AvgIpc) is 2.91. The number of nitrogens with one attached hydrogen (secondary N) is 1. The van der Waals surface area contributed by atoms with E-state index >= 15 is 0 Å². The molecule has 2 aromatic rings. The second-order valence-corrected chi connectivity index (χ2v) is 6.16. The number of unbranched alkanes of at least 4 members (excludes halogenated alkanes) is 1. The number of aryl methyl sites for hydroxylation is 1. The standard InChI is InChI=1S/C25H37NO4/c27-20-23-18-22(13-14-24(23)28)25(29)19-26-15-7-1-2-8-16-30-17-9-6-12-21-10-4-3-5-11-21/h3-5,10-11,13-14,18,25-29H,1-2,6-9,12,15-17,19-20H2/i1D2,2D2,7D2,8D2,15D2,16D2,20D2,25D. The Balaban J connectivity index is 2.22. The van der Waals surface area contributed by atoms with Crippen molar-refractivity contribution in [3.8, 4) is 5.75 Å². The Hall–Kier alpha value is -1.92. The molecule has 30 heavy (non-hydrogen) atoms. The summed E-state index contributed by atoms with van der Waals surface area (Å²) in [6.07, 6.45) is -17.6. The van der Waals surface area contributed by atoms with Gasteiger partial charge in [-0.2, -0.15) is 0 Å². The summed E-state index contributed by atoms with van der Waals surface area (Å²) in [4.78, 5) is 0. The molecular formula is C25H37NO4. The Morgan fingerprint density at radius 3 is 2.63 bits per heavy atom. The first kappa shape index (κ1) is 10.6. The van der Waals surface area contributed by atoms with Crippen molar-refractivity contribution < 1.29 is 40.6 Å². The first-order chi connectivity index (χ1) is 20.2. The second kappa shape index (κ2) is 15.0. The van der Waals surface area contributed by atoms with E-state index in [1.807, 2.05) is 30.3 Å². The molecule has 0 fully saturated rings. The lowest BCUT2D eigenvalue weighted by atomic mass is 10.1. The SMILES string of the molecule is [2H]C([2H])(O)c1cc(C([2H])(O)CNC([2H])([2H])C([2H])([2H])C([2H])([2H])C([2H])([2H])C([2H])([2H])C([2H])([2H])OCCCCc2ccccc2)ccc1O. The van der Waals surface area contributed by atoms with E-state index in [-0.39, 0.29) is 13.0 Å². The first-order valence-corrected chi connectivity index (χ1v) is 9.37. The van der Waals surface area contributed by atoms with Gasteiger partial charge in [-0.3, -0.25) is 0 Å². The molecule has 2 aromatic carbocycles. The predicted octanol–water partition coefficient (Wildman–Crippen LogP) is 4.11. The van der Waals surface area contributed by atoms with Crippen LogP contribution in [0.1, 0.15) is 81.7 Å². The van der Waals surface area contributed by atoms with Crippen molar-refractivity contribution in [2.75, 3.05) is 26.2 Å². The summed E-state index contributed by atoms with van der Waals surface area (Å²) in [7, 11) is 0. The van der Waals surface area contributed by atoms with Crippen molar-refractivity contribution in [1.82, 2.24) is 5.32 Å². The highest BCUT2D eigenvalue weighted by molar-refractivity contribution is 5.36. The third kappa shape index (κ3) is 9.72. The molecule has 0 aromatic heterocycles. The van der Waals surface area contributed by atoms with Crippen molar-refractivity contribution in [2.45, 2.75) is 57.4 Å². The summed E-state index contributed by atoms with van der Waals surface area (Å²) >= 11 is 0. The second-order valence-electron chi connectivity index (χ2n) is 6.16. The highest BCUT2D eigenvalue weighted by Crippen LogP contribution is 2.22. The number of benzene rings is 2. The lowest BCUT2D eigenvalue weighted by molar-refractivity contribution is 0.126. The normalized spacial score (nSPS) is 24.0. The van der Waals surface area contributed by atoms with Crippen LogP contribution in [0.4, 0.5) is 0 Å². The van der Waals surface area contributed by atoms with Gasteiger partial charge in [-0.25, -0.2) is 0 Å². The van der Waals surface area contributed by atoms with Crippen LogP contribution < -0.4 is 5.32 Å². The van der Waals surface area contributed by atoms with Crippen molar-refractivity contribution in [2.24, 2.45) is 0 Å². The molecule has 0 aliphatic rings. The van der Waals surface area contributed by atoms with Gasteiger partial charge in [0, 0.05) is 39.0 Å². The fraction of sp³-hybridized carbons (Fsp3) is 0.520. The van der Waals surface area contributed by atoms with E-state index in [4.69, 9.17) is 25.3 Å². The van der Waals surface area contributed by atoms with Crippen molar-refractivity contribution in [3.63, 3.8) is 0 Å². The molecule has 166 valence electrons. The summed E-state index contributed by atoms with van der Waals surface area (Å²) in [6.45, 7) is -11.9. The summed E-state index contributed by atoms with van der Waals surface area (Å²) in [5, 5.41) is 31.8. The Kier molecular flexibility index (Phi) is 5.29. The van der Waals surface area contributed by atoms with Gasteiger partial charge in [0.1, 0.15) is 5.75 Å². The number of rotatable bonds is 16. The number of aliphatic hydroxyl groups is 2. The van der Waals surface area contributed by atoms with Crippen LogP contribution in [0, 0.1) is 0 Å². The zero-order chi connectivity index (χ0) is 34.9. The predicted molar refractivity (Wildman–Crippen MR) is 121 cm³/mol. The fourth-order valence-electron chi connectivity index (χ4n) is 2.43. The molecule has 0 spiro atoms. The fourth-order valence-corrected chi connectivity index (χ4v) is 2.43. The lowest BCUT2D eigenvalue weighted by Crippen LogP contribution is -2.22. The van der Waals surface area contributed by atoms with Crippen LogP contribution in [-0.2, 0) is 17.7 Å². The van der Waals surface area contributed by atoms with Crippen LogP contribution in [0.15, 0.2) is 48.5 Å². The molecule has 4 N–H and O–H groups in total. The van der Waals surface area contributed by atoms with Gasteiger partial charge in [0.15, 0.2) is 0 Å². The molecule has 0 saturated heterocycles. The van der Waals surface area contributed by atoms with Gasteiger partial charge < -0.3 is 25.4 Å². The summed E-state index contributed by atoms with van der Waals surface area (Å²) < 4.78 is 126. The van der Waals surface area contributed by atoms with Gasteiger partial charge in [-0.1, -0.05) is 49.1 Å². The third-order valence-corrected chi connectivity index (χ3v) is 3.97. The molecule has 0 saturated carbocycles. The zero-order valence-electron chi connectivity index (χ0n) is 31.4. The van der Waals surface area contributed by atoms with Crippen LogP contribution in [0.3, 0.4) is 0 Å². The highest BCUT2D eigenvalue weighted by Gasteiger charge is 2.09. The van der Waals surface area contributed by atoms with Gasteiger partial charge in [-0.05, 0) is 61.8 Å². The smallest absolute Gasteiger partial charge is 0.121 e. The van der Waals surface area contributed by atoms with Crippen LogP contribution in [0.2, 0.25) is 0 Å². The topological polar surface area (TPSA) is 82.0 Å². The quantitative estimate of drug-likeness (QED) is 0.301. The Morgan fingerprint density at radius 1 is 1.03 bits per heavy atom. The van der Waals surface area contributed by atoms with E-state index in [2.05, 4.69) is 0 Å². The van der Waals surface area contributed by atoms with Crippen molar-refractivity contribution in [3.05, 3.63) is 65.2 Å². The summed E-state index contributed by atoms with van der Waals surface area (Å²) in [5.74, 6) is -0.734. The molecule has 5 heteroatoms. The zero-order valence-corrected chi connectivity index (χ0v) is 16.4. The van der Waals surface area contributed by atoms with Gasteiger partial charge in [-0.15, -0.1) is 0 Å². The van der Waals surface area contributed by atoms with Crippen LogP contribution in [-0.4, -0.2) is 41.5 Å². The van der Waals surface area contributed by atoms with Gasteiger partial charge in [0.2, 0.25) is 0 Å². The molecule has 0 radical (unpaired) electrons. The summed E-state index contributed by atoms with van der Waals surface area (Å²) in [6, 6.07) is 11.7. The van der Waals surface area contributed by atoms with E-state index in [9.17, 15) is 15.3 Å². The van der Waals surface area contributed by atoms with Crippen molar-refractivity contribution >= 4 is 0 Å². The molecule has 0 aliphatic heterocycles. The number of phenols is 1. The minimum absolute atomic E-state index is 0.231. The minimum atomic E-state index is -4.12. The average molecular weight is 431 g/mol. The maximum absolute atomic E-state index is 10.6. The molecule has 1 atom stereocenters. The molecule has 5 nitrogen and oxygen atoms in total. The van der Waals surface area contributed by atoms with Crippen LogP contribution in [0.5, 0.6) is 5.75 Å². The molecule has 0 heterocycles. The van der Waals surface area contributed by atoms with Gasteiger partial charge in [0.05, 0.1) is 19.5 Å². The maximum atomic E-state index is 10.6. The number of hydrogen-bond acceptors (Lipinski definition) is 5. The van der Waals surface area contributed by atoms with Crippen LogP contribution in [0.25, 0.3) is 0 Å². The Bertz CT molecular complexity index is 1280. The molecule has 0 aliphatic carbocycles. The molecule has 1 unspecified atom stereocenters. The Morgan fingerprint density at radius 2 is 1.83 bits per heavy atom. The lowest BCUT2D eigenvalue weighted by Gasteiger charge is -2.14. The molecular weight excluding hydrogens is 378 g/mol. The Labute approximate surface area is 201 Å². The van der Waals surface area contributed by atoms with E-state index in [0.717, 1.165) is 17.7 Å². The van der Waals surface area contributed by atoms with E-state index in [1.165, 1.54) is 0 Å². The van der Waals surface area contributed by atoms with E-state index in [0.29, 0.717) is 18.9 Å². The minimum Gasteiger partial charge on any atom is -0.508 e. The maximum Gasteiger partial charge on any atom is 0.121 e. The van der Waals surface area contributed by atoms with Gasteiger partial charge >= 0.3 is 0 Å². The third-order valence-electron chi connectivity index (χ3n) is 3.97. The highest BCUT2D eigenvalue weighted by atomic mass is 16.5. The largest absolute Gasteiger partial charge is 0.508 e. The van der Waals surface area contributed by atoms with Crippen LogP contribution >= 0.6 is 0 Å². The molecule has 0 amide bonds. The first-order valence-electron chi connectivity index (χ1n) is 16.9. The van der Waals surface area contributed by atoms with E-state index in [1.54, 1.807) is 5.32 Å². The number of aromatic hydroxyl groups is 1. The number of hydrogen-bond donors (Lipinski definition) is 4.